The fourth-order valence-corrected chi connectivity index (χ4v) is 5.74. The predicted octanol–water partition coefficient (Wildman–Crippen LogP) is 2.39. The van der Waals surface area contributed by atoms with Gasteiger partial charge in [-0.3, -0.25) is 4.79 Å². The Bertz CT molecular complexity index is 984. The van der Waals surface area contributed by atoms with E-state index in [-0.39, 0.29) is 16.8 Å². The minimum atomic E-state index is -3.56. The van der Waals surface area contributed by atoms with Gasteiger partial charge in [0.1, 0.15) is 0 Å². The molecule has 1 aromatic heterocycles. The van der Waals surface area contributed by atoms with Gasteiger partial charge in [0, 0.05) is 57.2 Å². The Morgan fingerprint density at radius 1 is 0.968 bits per heavy atom. The van der Waals surface area contributed by atoms with Gasteiger partial charge in [0.15, 0.2) is 0 Å². The summed E-state index contributed by atoms with van der Waals surface area (Å²) in [6.45, 7) is 2.46. The van der Waals surface area contributed by atoms with Crippen molar-refractivity contribution in [3.05, 3.63) is 48.3 Å². The molecule has 0 unspecified atom stereocenters. The number of aromatic nitrogens is 2. The maximum absolute atomic E-state index is 13.0. The van der Waals surface area contributed by atoms with Crippen LogP contribution in [0, 0.1) is 0 Å². The minimum absolute atomic E-state index is 0.0601. The molecule has 2 aromatic rings. The van der Waals surface area contributed by atoms with E-state index in [1.807, 2.05) is 0 Å². The van der Waals surface area contributed by atoms with Crippen molar-refractivity contribution in [1.29, 1.82) is 0 Å². The molecule has 0 atom stereocenters. The van der Waals surface area contributed by atoms with E-state index in [1.165, 1.54) is 10.7 Å². The molecule has 8 nitrogen and oxygen atoms in total. The van der Waals surface area contributed by atoms with Gasteiger partial charge in [-0.15, -0.1) is 0 Å². The van der Waals surface area contributed by atoms with Crippen molar-refractivity contribution in [1.82, 2.24) is 19.2 Å². The standard InChI is InChI=1S/C22H29N5O3S/c1-25(19-6-3-2-4-7-19)31(29,30)20-10-8-18(9-11-20)21(28)26-14-16-27(17-15-26)22-23-12-5-13-24-22/h5,8-13,19H,2-4,6-7,14-17H2,1H3. The van der Waals surface area contributed by atoms with Crippen LogP contribution in [0.3, 0.4) is 0 Å². The van der Waals surface area contributed by atoms with E-state index in [0.717, 1.165) is 25.7 Å². The molecular formula is C22H29N5O3S. The van der Waals surface area contributed by atoms with Gasteiger partial charge in [0.2, 0.25) is 16.0 Å². The SMILES string of the molecule is CN(C1CCCCC1)S(=O)(=O)c1ccc(C(=O)N2CCN(c3ncccn3)CC2)cc1. The topological polar surface area (TPSA) is 86.7 Å². The number of piperazine rings is 1. The van der Waals surface area contributed by atoms with Crippen LogP contribution in [0.5, 0.6) is 0 Å². The monoisotopic (exact) mass is 443 g/mol. The number of hydrogen-bond donors (Lipinski definition) is 0. The molecule has 1 saturated carbocycles. The van der Waals surface area contributed by atoms with Gasteiger partial charge in [-0.05, 0) is 43.2 Å². The van der Waals surface area contributed by atoms with Crippen LogP contribution in [-0.4, -0.2) is 72.8 Å². The number of rotatable bonds is 5. The number of carbonyl (C=O) groups excluding carboxylic acids is 1. The summed E-state index contributed by atoms with van der Waals surface area (Å²) < 4.78 is 27.5. The number of nitrogens with zero attached hydrogens (tertiary/aromatic N) is 5. The Morgan fingerprint density at radius 3 is 2.19 bits per heavy atom. The molecule has 1 saturated heterocycles. The molecule has 2 heterocycles. The first-order valence-electron chi connectivity index (χ1n) is 10.9. The lowest BCUT2D eigenvalue weighted by Gasteiger charge is -2.34. The molecule has 4 rings (SSSR count). The lowest BCUT2D eigenvalue weighted by atomic mass is 9.96. The predicted molar refractivity (Wildman–Crippen MR) is 118 cm³/mol. The van der Waals surface area contributed by atoms with Crippen LogP contribution < -0.4 is 4.90 Å². The maximum Gasteiger partial charge on any atom is 0.253 e. The van der Waals surface area contributed by atoms with E-state index in [2.05, 4.69) is 14.9 Å². The van der Waals surface area contributed by atoms with E-state index in [4.69, 9.17) is 0 Å². The summed E-state index contributed by atoms with van der Waals surface area (Å²) >= 11 is 0. The summed E-state index contributed by atoms with van der Waals surface area (Å²) in [5.41, 5.74) is 0.503. The molecule has 0 bridgehead atoms. The third-order valence-corrected chi connectivity index (χ3v) is 8.19. The summed E-state index contributed by atoms with van der Waals surface area (Å²) in [6.07, 6.45) is 8.55. The zero-order valence-corrected chi connectivity index (χ0v) is 18.7. The van der Waals surface area contributed by atoms with E-state index in [1.54, 1.807) is 54.7 Å². The fourth-order valence-electron chi connectivity index (χ4n) is 4.32. The first-order valence-corrected chi connectivity index (χ1v) is 12.3. The summed E-state index contributed by atoms with van der Waals surface area (Å²) in [7, 11) is -1.89. The number of hydrogen-bond acceptors (Lipinski definition) is 6. The van der Waals surface area contributed by atoms with Crippen molar-refractivity contribution < 1.29 is 13.2 Å². The summed E-state index contributed by atoms with van der Waals surface area (Å²) in [5.74, 6) is 0.587. The molecular weight excluding hydrogens is 414 g/mol. The van der Waals surface area contributed by atoms with Crippen LogP contribution in [0.25, 0.3) is 0 Å². The second-order valence-electron chi connectivity index (χ2n) is 8.17. The molecule has 0 N–H and O–H groups in total. The second-order valence-corrected chi connectivity index (χ2v) is 10.2. The van der Waals surface area contributed by atoms with E-state index >= 15 is 0 Å². The fraction of sp³-hybridized carbons (Fsp3) is 0.500. The van der Waals surface area contributed by atoms with Gasteiger partial charge < -0.3 is 9.80 Å². The zero-order valence-electron chi connectivity index (χ0n) is 17.9. The van der Waals surface area contributed by atoms with Crippen molar-refractivity contribution in [2.24, 2.45) is 0 Å². The van der Waals surface area contributed by atoms with Crippen LogP contribution in [0.2, 0.25) is 0 Å². The van der Waals surface area contributed by atoms with Gasteiger partial charge in [-0.25, -0.2) is 18.4 Å². The highest BCUT2D eigenvalue weighted by Gasteiger charge is 2.29. The van der Waals surface area contributed by atoms with Crippen LogP contribution in [-0.2, 0) is 10.0 Å². The smallest absolute Gasteiger partial charge is 0.253 e. The number of amides is 1. The Morgan fingerprint density at radius 2 is 1.58 bits per heavy atom. The van der Waals surface area contributed by atoms with E-state index < -0.39 is 10.0 Å². The molecule has 2 fully saturated rings. The normalized spacial score (nSPS) is 18.4. The Hall–Kier alpha value is -2.52. The van der Waals surface area contributed by atoms with E-state index in [9.17, 15) is 13.2 Å². The average Bonchev–Trinajstić information content (AvgIpc) is 2.84. The number of anilines is 1. The van der Waals surface area contributed by atoms with Crippen molar-refractivity contribution in [3.63, 3.8) is 0 Å². The van der Waals surface area contributed by atoms with Crippen LogP contribution in [0.4, 0.5) is 5.95 Å². The minimum Gasteiger partial charge on any atom is -0.337 e. The van der Waals surface area contributed by atoms with Gasteiger partial charge in [-0.1, -0.05) is 19.3 Å². The molecule has 31 heavy (non-hydrogen) atoms. The van der Waals surface area contributed by atoms with Gasteiger partial charge in [0.05, 0.1) is 4.90 Å². The number of benzene rings is 1. The van der Waals surface area contributed by atoms with Crippen LogP contribution >= 0.6 is 0 Å². The lowest BCUT2D eigenvalue weighted by molar-refractivity contribution is 0.0746. The largest absolute Gasteiger partial charge is 0.337 e. The molecule has 0 spiro atoms. The summed E-state index contributed by atoms with van der Waals surface area (Å²) in [6, 6.07) is 8.18. The first kappa shape index (κ1) is 21.7. The average molecular weight is 444 g/mol. The van der Waals surface area contributed by atoms with Crippen molar-refractivity contribution >= 4 is 21.9 Å². The molecule has 1 aromatic carbocycles. The molecule has 2 aliphatic rings. The Balaban J connectivity index is 1.39. The molecule has 1 aliphatic heterocycles. The summed E-state index contributed by atoms with van der Waals surface area (Å²) in [5, 5.41) is 0. The highest BCUT2D eigenvalue weighted by Crippen LogP contribution is 2.26. The molecule has 1 amide bonds. The molecule has 166 valence electrons. The third kappa shape index (κ3) is 4.72. The molecule has 9 heteroatoms. The quantitative estimate of drug-likeness (QED) is 0.705. The van der Waals surface area contributed by atoms with Gasteiger partial charge in [-0.2, -0.15) is 4.31 Å². The molecule has 1 aliphatic carbocycles. The Labute approximate surface area is 183 Å². The van der Waals surface area contributed by atoms with Gasteiger partial charge >= 0.3 is 0 Å². The van der Waals surface area contributed by atoms with Crippen molar-refractivity contribution in [3.8, 4) is 0 Å². The molecule has 0 radical (unpaired) electrons. The first-order chi connectivity index (χ1) is 15.0. The van der Waals surface area contributed by atoms with Gasteiger partial charge in [0.25, 0.3) is 5.91 Å². The van der Waals surface area contributed by atoms with Crippen molar-refractivity contribution in [2.75, 3.05) is 38.1 Å². The zero-order chi connectivity index (χ0) is 21.8. The van der Waals surface area contributed by atoms with Crippen LogP contribution in [0.1, 0.15) is 42.5 Å². The van der Waals surface area contributed by atoms with E-state index in [0.29, 0.717) is 37.7 Å². The summed E-state index contributed by atoms with van der Waals surface area (Å²) in [4.78, 5) is 25.5. The Kier molecular flexibility index (Phi) is 6.52. The lowest BCUT2D eigenvalue weighted by Crippen LogP contribution is -2.49. The third-order valence-electron chi connectivity index (χ3n) is 6.27. The van der Waals surface area contributed by atoms with Crippen molar-refractivity contribution in [2.45, 2.75) is 43.0 Å². The maximum atomic E-state index is 13.0. The van der Waals surface area contributed by atoms with Crippen LogP contribution in [0.15, 0.2) is 47.6 Å². The number of sulfonamides is 1. The second kappa shape index (κ2) is 9.32. The highest BCUT2D eigenvalue weighted by atomic mass is 32.2. The highest BCUT2D eigenvalue weighted by molar-refractivity contribution is 7.89. The number of carbonyl (C=O) groups is 1.